The lowest BCUT2D eigenvalue weighted by atomic mass is 10.2. The minimum absolute atomic E-state index is 0. The van der Waals surface area contributed by atoms with E-state index < -0.39 is 0 Å². The minimum atomic E-state index is 0. The summed E-state index contributed by atoms with van der Waals surface area (Å²) in [6, 6.07) is 0. The van der Waals surface area contributed by atoms with Gasteiger partial charge in [-0.3, -0.25) is 4.99 Å². The molecule has 0 saturated carbocycles. The van der Waals surface area contributed by atoms with Gasteiger partial charge in [0.05, 0.1) is 6.54 Å². The fourth-order valence-electron chi connectivity index (χ4n) is 1.91. The highest BCUT2D eigenvalue weighted by molar-refractivity contribution is 14.0. The Morgan fingerprint density at radius 3 is 2.70 bits per heavy atom. The highest BCUT2D eigenvalue weighted by atomic mass is 127. The lowest BCUT2D eigenvalue weighted by molar-refractivity contribution is 0.407. The molecule has 0 radical (unpaired) electrons. The molecule has 1 saturated heterocycles. The standard InChI is InChI=1S/C14H29N3S2.HI/c1-6-12-10-17(8-9-19-12)13(15-7-2)16-11-14(3,4)18-5;/h12H,6-11H2,1-5H3,(H,15,16);1H. The third-order valence-electron chi connectivity index (χ3n) is 3.39. The quantitative estimate of drug-likeness (QED) is 0.410. The maximum absolute atomic E-state index is 4.85. The molecule has 1 unspecified atom stereocenters. The summed E-state index contributed by atoms with van der Waals surface area (Å²) < 4.78 is 0.218. The molecule has 0 spiro atoms. The van der Waals surface area contributed by atoms with E-state index in [0.29, 0.717) is 0 Å². The second kappa shape index (κ2) is 10.4. The monoisotopic (exact) mass is 431 g/mol. The van der Waals surface area contributed by atoms with E-state index in [0.717, 1.165) is 37.4 Å². The van der Waals surface area contributed by atoms with Crippen molar-refractivity contribution in [2.75, 3.05) is 38.2 Å². The Morgan fingerprint density at radius 1 is 1.45 bits per heavy atom. The Balaban J connectivity index is 0.00000361. The Hall–Kier alpha value is 0.700. The van der Waals surface area contributed by atoms with Gasteiger partial charge in [-0.25, -0.2) is 0 Å². The molecule has 20 heavy (non-hydrogen) atoms. The highest BCUT2D eigenvalue weighted by Crippen LogP contribution is 2.23. The number of nitrogens with one attached hydrogen (secondary N) is 1. The number of halogens is 1. The molecule has 1 aliphatic rings. The molecule has 0 aromatic rings. The zero-order chi connectivity index (χ0) is 14.3. The predicted octanol–water partition coefficient (Wildman–Crippen LogP) is 3.54. The molecule has 3 nitrogen and oxygen atoms in total. The van der Waals surface area contributed by atoms with Gasteiger partial charge >= 0.3 is 0 Å². The Morgan fingerprint density at radius 2 is 2.15 bits per heavy atom. The molecule has 1 aliphatic heterocycles. The molecule has 6 heteroatoms. The molecule has 0 amide bonds. The second-order valence-electron chi connectivity index (χ2n) is 5.48. The zero-order valence-electron chi connectivity index (χ0n) is 13.4. The van der Waals surface area contributed by atoms with Crippen LogP contribution in [0.4, 0.5) is 0 Å². The summed E-state index contributed by atoms with van der Waals surface area (Å²) in [5.74, 6) is 2.32. The van der Waals surface area contributed by atoms with Crippen molar-refractivity contribution in [1.82, 2.24) is 10.2 Å². The number of hydrogen-bond donors (Lipinski definition) is 1. The van der Waals surface area contributed by atoms with Crippen molar-refractivity contribution in [2.24, 2.45) is 4.99 Å². The van der Waals surface area contributed by atoms with Gasteiger partial charge in [0, 0.05) is 35.4 Å². The number of thioether (sulfide) groups is 2. The average Bonchev–Trinajstić information content (AvgIpc) is 2.43. The average molecular weight is 431 g/mol. The fraction of sp³-hybridized carbons (Fsp3) is 0.929. The van der Waals surface area contributed by atoms with Crippen molar-refractivity contribution in [2.45, 2.75) is 44.1 Å². The summed E-state index contributed by atoms with van der Waals surface area (Å²) >= 11 is 3.98. The molecular formula is C14H30IN3S2. The summed E-state index contributed by atoms with van der Waals surface area (Å²) in [4.78, 5) is 7.28. The molecular weight excluding hydrogens is 401 g/mol. The van der Waals surface area contributed by atoms with E-state index in [9.17, 15) is 0 Å². The number of nitrogens with zero attached hydrogens (tertiary/aromatic N) is 2. The normalized spacial score (nSPS) is 20.6. The third-order valence-corrected chi connectivity index (χ3v) is 6.00. The van der Waals surface area contributed by atoms with Crippen molar-refractivity contribution < 1.29 is 0 Å². The Labute approximate surface area is 150 Å². The summed E-state index contributed by atoms with van der Waals surface area (Å²) in [6.07, 6.45) is 3.41. The summed E-state index contributed by atoms with van der Waals surface area (Å²) in [6.45, 7) is 13.0. The van der Waals surface area contributed by atoms with Crippen LogP contribution < -0.4 is 5.32 Å². The van der Waals surface area contributed by atoms with E-state index in [4.69, 9.17) is 4.99 Å². The molecule has 1 atom stereocenters. The maximum Gasteiger partial charge on any atom is 0.194 e. The van der Waals surface area contributed by atoms with Crippen LogP contribution in [-0.4, -0.2) is 59.0 Å². The van der Waals surface area contributed by atoms with Crippen LogP contribution in [0, 0.1) is 0 Å². The molecule has 1 N–H and O–H groups in total. The Kier molecular flexibility index (Phi) is 10.8. The molecule has 1 fully saturated rings. The van der Waals surface area contributed by atoms with Gasteiger partial charge in [-0.1, -0.05) is 6.92 Å². The third kappa shape index (κ3) is 7.11. The molecule has 0 aliphatic carbocycles. The van der Waals surface area contributed by atoms with Crippen LogP contribution in [0.3, 0.4) is 0 Å². The first-order valence-corrected chi connectivity index (χ1v) is 9.49. The number of hydrogen-bond acceptors (Lipinski definition) is 3. The van der Waals surface area contributed by atoms with E-state index in [1.165, 1.54) is 12.2 Å². The molecule has 1 rings (SSSR count). The second-order valence-corrected chi connectivity index (χ2v) is 8.40. The summed E-state index contributed by atoms with van der Waals surface area (Å²) in [7, 11) is 0. The highest BCUT2D eigenvalue weighted by Gasteiger charge is 2.22. The summed E-state index contributed by atoms with van der Waals surface area (Å²) in [5, 5.41) is 4.21. The van der Waals surface area contributed by atoms with E-state index in [-0.39, 0.29) is 28.7 Å². The Bertz CT molecular complexity index is 298. The smallest absolute Gasteiger partial charge is 0.194 e. The number of rotatable bonds is 5. The van der Waals surface area contributed by atoms with Gasteiger partial charge < -0.3 is 10.2 Å². The summed E-state index contributed by atoms with van der Waals surface area (Å²) in [5.41, 5.74) is 0. The van der Waals surface area contributed by atoms with Gasteiger partial charge in [-0.2, -0.15) is 23.5 Å². The van der Waals surface area contributed by atoms with Crippen molar-refractivity contribution in [3.63, 3.8) is 0 Å². The van der Waals surface area contributed by atoms with Crippen molar-refractivity contribution in [3.05, 3.63) is 0 Å². The molecule has 0 aromatic carbocycles. The van der Waals surface area contributed by atoms with Crippen LogP contribution in [0.1, 0.15) is 34.1 Å². The number of guanidine groups is 1. The van der Waals surface area contributed by atoms with E-state index in [1.807, 2.05) is 11.8 Å². The van der Waals surface area contributed by atoms with Crippen LogP contribution in [0.25, 0.3) is 0 Å². The van der Waals surface area contributed by atoms with Crippen LogP contribution >= 0.6 is 47.5 Å². The maximum atomic E-state index is 4.85. The fourth-order valence-corrected chi connectivity index (χ4v) is 3.29. The SMILES string of the molecule is CCNC(=NCC(C)(C)SC)N1CCSC(CC)C1.I. The number of aliphatic imine (C=N–C) groups is 1. The van der Waals surface area contributed by atoms with E-state index >= 15 is 0 Å². The predicted molar refractivity (Wildman–Crippen MR) is 107 cm³/mol. The van der Waals surface area contributed by atoms with Crippen molar-refractivity contribution in [3.8, 4) is 0 Å². The van der Waals surface area contributed by atoms with Gasteiger partial charge in [-0.05, 0) is 33.4 Å². The van der Waals surface area contributed by atoms with E-state index in [1.54, 1.807) is 0 Å². The van der Waals surface area contributed by atoms with Crippen LogP contribution in [0.2, 0.25) is 0 Å². The van der Waals surface area contributed by atoms with Crippen LogP contribution in [0.15, 0.2) is 4.99 Å². The van der Waals surface area contributed by atoms with Gasteiger partial charge in [0.15, 0.2) is 5.96 Å². The largest absolute Gasteiger partial charge is 0.357 e. The van der Waals surface area contributed by atoms with Gasteiger partial charge in [0.2, 0.25) is 0 Å². The van der Waals surface area contributed by atoms with Crippen molar-refractivity contribution in [1.29, 1.82) is 0 Å². The molecule has 1 heterocycles. The van der Waals surface area contributed by atoms with E-state index in [2.05, 4.69) is 55.9 Å². The lowest BCUT2D eigenvalue weighted by Gasteiger charge is -2.34. The lowest BCUT2D eigenvalue weighted by Crippen LogP contribution is -2.48. The molecule has 120 valence electrons. The van der Waals surface area contributed by atoms with Crippen LogP contribution in [-0.2, 0) is 0 Å². The van der Waals surface area contributed by atoms with Gasteiger partial charge in [-0.15, -0.1) is 24.0 Å². The van der Waals surface area contributed by atoms with Crippen molar-refractivity contribution >= 4 is 53.5 Å². The van der Waals surface area contributed by atoms with Gasteiger partial charge in [0.1, 0.15) is 0 Å². The molecule has 0 aromatic heterocycles. The minimum Gasteiger partial charge on any atom is -0.357 e. The van der Waals surface area contributed by atoms with Gasteiger partial charge in [0.25, 0.3) is 0 Å². The molecule has 0 bridgehead atoms. The van der Waals surface area contributed by atoms with Crippen LogP contribution in [0.5, 0.6) is 0 Å². The topological polar surface area (TPSA) is 27.6 Å². The first-order chi connectivity index (χ1) is 9.02. The first kappa shape index (κ1) is 20.7. The first-order valence-electron chi connectivity index (χ1n) is 7.22. The zero-order valence-corrected chi connectivity index (χ0v) is 17.4.